The summed E-state index contributed by atoms with van der Waals surface area (Å²) in [5.74, 6) is -3.40. The number of likely N-dealkylation sites (tertiary alicyclic amines) is 1. The highest BCUT2D eigenvalue weighted by atomic mass is 16.6. The number of nitrogens with one attached hydrogen (secondary N) is 1. The first-order chi connectivity index (χ1) is 21.4. The smallest absolute Gasteiger partial charge is 0.313 e. The number of benzene rings is 1. The Bertz CT molecular complexity index is 1300. The van der Waals surface area contributed by atoms with Crippen LogP contribution in [0.1, 0.15) is 70.0 Å². The second kappa shape index (κ2) is 12.9. The van der Waals surface area contributed by atoms with Gasteiger partial charge in [-0.2, -0.15) is 0 Å². The van der Waals surface area contributed by atoms with Gasteiger partial charge in [0, 0.05) is 19.0 Å². The van der Waals surface area contributed by atoms with Crippen LogP contribution in [-0.2, 0) is 28.7 Å². The van der Waals surface area contributed by atoms with Crippen LogP contribution in [0.15, 0.2) is 54.6 Å². The van der Waals surface area contributed by atoms with E-state index in [4.69, 9.17) is 9.47 Å². The summed E-state index contributed by atoms with van der Waals surface area (Å²) in [6, 6.07) is 7.64. The molecule has 0 aromatic heterocycles. The number of carbonyl (C=O) groups is 4. The van der Waals surface area contributed by atoms with Gasteiger partial charge in [-0.05, 0) is 31.2 Å². The van der Waals surface area contributed by atoms with Crippen molar-refractivity contribution >= 4 is 23.7 Å². The largest absolute Gasteiger partial charge is 0.455 e. The van der Waals surface area contributed by atoms with Crippen LogP contribution in [0.4, 0.5) is 0 Å². The van der Waals surface area contributed by atoms with E-state index in [9.17, 15) is 24.3 Å². The van der Waals surface area contributed by atoms with Gasteiger partial charge < -0.3 is 29.7 Å². The normalized spacial score (nSPS) is 34.5. The van der Waals surface area contributed by atoms with Crippen LogP contribution >= 0.6 is 0 Å². The fourth-order valence-corrected chi connectivity index (χ4v) is 7.89. The molecule has 236 valence electrons. The van der Waals surface area contributed by atoms with Gasteiger partial charge in [-0.15, -0.1) is 0 Å². The fraction of sp³-hybridized carbons (Fsp3) is 0.588. The lowest BCUT2D eigenvalue weighted by Gasteiger charge is -2.41. The molecule has 1 aromatic rings. The molecule has 3 fully saturated rings. The maximum Gasteiger partial charge on any atom is 0.313 e. The number of hydrogen-bond acceptors (Lipinski definition) is 7. The third-order valence-electron chi connectivity index (χ3n) is 10.1. The van der Waals surface area contributed by atoms with Crippen LogP contribution < -0.4 is 5.32 Å². The number of carbonyl (C=O) groups excluding carboxylic acids is 4. The zero-order valence-electron chi connectivity index (χ0n) is 25.3. The SMILES string of the molecule is CC[C@@H](CO)N1C(=O)[C@@H]2[C@H]3C(=O)O[C@H](c4ccccc4)CNC(=O)CC/C=C\[C@H]3O[C@@]23C=CCN(C2CCCCC2)C(=O)[C@@H]13. The summed E-state index contributed by atoms with van der Waals surface area (Å²) in [7, 11) is 0. The van der Waals surface area contributed by atoms with Crippen molar-refractivity contribution in [2.45, 2.75) is 94.2 Å². The van der Waals surface area contributed by atoms with Gasteiger partial charge >= 0.3 is 5.97 Å². The Hall–Kier alpha value is -3.50. The molecule has 6 rings (SSSR count). The van der Waals surface area contributed by atoms with E-state index in [1.54, 1.807) is 12.2 Å². The van der Waals surface area contributed by atoms with Gasteiger partial charge in [0.25, 0.3) is 0 Å². The molecule has 1 aliphatic carbocycles. The molecule has 44 heavy (non-hydrogen) atoms. The Morgan fingerprint density at radius 2 is 1.82 bits per heavy atom. The van der Waals surface area contributed by atoms with E-state index < -0.39 is 47.7 Å². The van der Waals surface area contributed by atoms with Crippen LogP contribution in [0.25, 0.3) is 0 Å². The lowest BCUT2D eigenvalue weighted by atomic mass is 9.77. The molecule has 1 saturated carbocycles. The van der Waals surface area contributed by atoms with E-state index in [-0.39, 0.29) is 43.3 Å². The second-order valence-corrected chi connectivity index (χ2v) is 12.6. The van der Waals surface area contributed by atoms with Gasteiger partial charge in [0.2, 0.25) is 17.7 Å². The zero-order valence-corrected chi connectivity index (χ0v) is 25.3. The van der Waals surface area contributed by atoms with Gasteiger partial charge in [-0.25, -0.2) is 0 Å². The van der Waals surface area contributed by atoms with Crippen molar-refractivity contribution in [1.82, 2.24) is 15.1 Å². The van der Waals surface area contributed by atoms with E-state index in [0.29, 0.717) is 19.4 Å². The maximum absolute atomic E-state index is 14.6. The quantitative estimate of drug-likeness (QED) is 0.391. The Kier molecular flexibility index (Phi) is 8.91. The molecule has 7 atom stereocenters. The van der Waals surface area contributed by atoms with Crippen molar-refractivity contribution in [3.63, 3.8) is 0 Å². The summed E-state index contributed by atoms with van der Waals surface area (Å²) in [5.41, 5.74) is -0.690. The number of aliphatic hydroxyl groups is 1. The number of ether oxygens (including phenoxy) is 2. The number of hydrogen-bond donors (Lipinski definition) is 2. The van der Waals surface area contributed by atoms with Gasteiger partial charge in [-0.1, -0.05) is 80.8 Å². The molecule has 2 saturated heterocycles. The zero-order chi connectivity index (χ0) is 30.8. The van der Waals surface area contributed by atoms with E-state index in [1.165, 1.54) is 4.90 Å². The molecule has 10 heteroatoms. The van der Waals surface area contributed by atoms with Crippen molar-refractivity contribution in [2.75, 3.05) is 19.7 Å². The van der Waals surface area contributed by atoms with Crippen molar-refractivity contribution in [2.24, 2.45) is 11.8 Å². The van der Waals surface area contributed by atoms with Crippen molar-refractivity contribution in [1.29, 1.82) is 0 Å². The highest BCUT2D eigenvalue weighted by Gasteiger charge is 2.72. The summed E-state index contributed by atoms with van der Waals surface area (Å²) >= 11 is 0. The van der Waals surface area contributed by atoms with Crippen molar-refractivity contribution in [3.8, 4) is 0 Å². The summed E-state index contributed by atoms with van der Waals surface area (Å²) in [6.07, 6.45) is 11.8. The Labute approximate surface area is 258 Å². The van der Waals surface area contributed by atoms with Crippen LogP contribution in [0.2, 0.25) is 0 Å². The van der Waals surface area contributed by atoms with Crippen molar-refractivity contribution < 1.29 is 33.8 Å². The second-order valence-electron chi connectivity index (χ2n) is 12.6. The van der Waals surface area contributed by atoms with Crippen LogP contribution in [0, 0.1) is 11.8 Å². The van der Waals surface area contributed by atoms with Crippen molar-refractivity contribution in [3.05, 3.63) is 60.2 Å². The molecule has 3 amide bonds. The van der Waals surface area contributed by atoms with E-state index in [2.05, 4.69) is 5.32 Å². The number of allylic oxidation sites excluding steroid dienone is 1. The number of amides is 3. The minimum Gasteiger partial charge on any atom is -0.455 e. The maximum atomic E-state index is 14.6. The number of esters is 1. The minimum absolute atomic E-state index is 0.0670. The van der Waals surface area contributed by atoms with Gasteiger partial charge in [-0.3, -0.25) is 19.2 Å². The molecule has 4 aliphatic heterocycles. The average molecular weight is 606 g/mol. The first-order valence-corrected chi connectivity index (χ1v) is 16.2. The predicted molar refractivity (Wildman–Crippen MR) is 161 cm³/mol. The molecular formula is C34H43N3O7. The molecular weight excluding hydrogens is 562 g/mol. The lowest BCUT2D eigenvalue weighted by molar-refractivity contribution is -0.161. The highest BCUT2D eigenvalue weighted by Crippen LogP contribution is 2.54. The molecule has 0 radical (unpaired) electrons. The standard InChI is InChI=1S/C34H43N3O7/c1-2-23(21-38)37-30-32(41)36(24-14-7-4-8-15-24)19-11-18-34(30)29(31(37)40)28-25(44-34)16-9-10-17-27(39)35-20-26(43-33(28)42)22-12-5-3-6-13-22/h3,5-6,9,11-13,16,18,23-26,28-30,38H,2,4,7-8,10,14-15,17,19-21H2,1H3,(H,35,39)/b16-9-/t23-,25+,26-,28-,29-,30+,34-/m0/s1. The topological polar surface area (TPSA) is 125 Å². The summed E-state index contributed by atoms with van der Waals surface area (Å²) in [4.78, 5) is 59.3. The number of rotatable bonds is 5. The Morgan fingerprint density at radius 1 is 1.05 bits per heavy atom. The van der Waals surface area contributed by atoms with Gasteiger partial charge in [0.1, 0.15) is 23.7 Å². The van der Waals surface area contributed by atoms with Crippen LogP contribution in [-0.4, -0.2) is 88.1 Å². The van der Waals surface area contributed by atoms with Crippen LogP contribution in [0.3, 0.4) is 0 Å². The summed E-state index contributed by atoms with van der Waals surface area (Å²) in [5, 5.41) is 13.3. The number of fused-ring (bicyclic) bond motifs is 2. The monoisotopic (exact) mass is 605 g/mol. The molecule has 2 N–H and O–H groups in total. The lowest BCUT2D eigenvalue weighted by Crippen LogP contribution is -2.59. The number of aliphatic hydroxyl groups excluding tert-OH is 1. The highest BCUT2D eigenvalue weighted by molar-refractivity contribution is 5.99. The van der Waals surface area contributed by atoms with Crippen LogP contribution in [0.5, 0.6) is 0 Å². The number of nitrogens with zero attached hydrogens (tertiary/aromatic N) is 2. The first kappa shape index (κ1) is 30.5. The molecule has 10 nitrogen and oxygen atoms in total. The number of cyclic esters (lactones) is 1. The average Bonchev–Trinajstić information content (AvgIpc) is 3.43. The van der Waals surface area contributed by atoms with Gasteiger partial charge in [0.15, 0.2) is 0 Å². The third kappa shape index (κ3) is 5.36. The molecule has 0 bridgehead atoms. The predicted octanol–water partition coefficient (Wildman–Crippen LogP) is 2.82. The molecule has 1 spiro atoms. The Balaban J connectivity index is 1.42. The summed E-state index contributed by atoms with van der Waals surface area (Å²) < 4.78 is 12.9. The van der Waals surface area contributed by atoms with E-state index >= 15 is 0 Å². The van der Waals surface area contributed by atoms with Gasteiger partial charge in [0.05, 0.1) is 31.2 Å². The third-order valence-corrected chi connectivity index (χ3v) is 10.1. The van der Waals surface area contributed by atoms with E-state index in [1.807, 2.05) is 54.3 Å². The first-order valence-electron chi connectivity index (χ1n) is 16.2. The Morgan fingerprint density at radius 3 is 2.55 bits per heavy atom. The molecule has 1 aromatic carbocycles. The van der Waals surface area contributed by atoms with E-state index in [0.717, 1.165) is 37.7 Å². The molecule has 5 aliphatic rings. The fourth-order valence-electron chi connectivity index (χ4n) is 7.89. The molecule has 4 heterocycles. The minimum atomic E-state index is -1.41. The molecule has 0 unspecified atom stereocenters. The summed E-state index contributed by atoms with van der Waals surface area (Å²) in [6.45, 7) is 2.05.